The number of fused-ring (bicyclic) bond motifs is 1. The summed E-state index contributed by atoms with van der Waals surface area (Å²) in [5, 5.41) is 8.74. The van der Waals surface area contributed by atoms with Gasteiger partial charge < -0.3 is 9.88 Å². The molecule has 0 unspecified atom stereocenters. The molecule has 0 fully saturated rings. The van der Waals surface area contributed by atoms with E-state index in [2.05, 4.69) is 15.4 Å². The molecule has 140 valence electrons. The lowest BCUT2D eigenvalue weighted by Crippen LogP contribution is -2.27. The predicted molar refractivity (Wildman–Crippen MR) is 107 cm³/mol. The molecule has 2 heterocycles. The lowest BCUT2D eigenvalue weighted by molar-refractivity contribution is 0.0952. The molecule has 7 heteroatoms. The third-order valence-corrected chi connectivity index (χ3v) is 4.56. The third-order valence-electron chi connectivity index (χ3n) is 4.56. The van der Waals surface area contributed by atoms with E-state index in [9.17, 15) is 9.59 Å². The lowest BCUT2D eigenvalue weighted by Gasteiger charge is -2.10. The average molecular weight is 373 g/mol. The monoisotopic (exact) mass is 373 g/mol. The largest absolute Gasteiger partial charge is 0.350 e. The minimum atomic E-state index is -0.209. The van der Waals surface area contributed by atoms with Crippen molar-refractivity contribution in [1.29, 1.82) is 0 Å². The molecular formula is C21H19N5O2. The fraction of sp³-hybridized carbons (Fsp3) is 0.143. The first kappa shape index (κ1) is 17.7. The Kier molecular flexibility index (Phi) is 4.72. The molecule has 2 aromatic heterocycles. The van der Waals surface area contributed by atoms with Crippen LogP contribution in [0, 0.1) is 6.92 Å². The van der Waals surface area contributed by atoms with Gasteiger partial charge in [0.2, 0.25) is 0 Å². The van der Waals surface area contributed by atoms with Crippen molar-refractivity contribution >= 4 is 16.7 Å². The molecule has 1 amide bonds. The van der Waals surface area contributed by atoms with E-state index < -0.39 is 0 Å². The smallest absolute Gasteiger partial charge is 0.279 e. The zero-order valence-corrected chi connectivity index (χ0v) is 15.4. The molecular weight excluding hydrogens is 354 g/mol. The van der Waals surface area contributed by atoms with Gasteiger partial charge >= 0.3 is 0 Å². The molecule has 0 aliphatic rings. The number of carbonyl (C=O) groups excluding carboxylic acids is 1. The fourth-order valence-corrected chi connectivity index (χ4v) is 3.12. The Morgan fingerprint density at radius 2 is 1.93 bits per heavy atom. The molecule has 0 bridgehead atoms. The van der Waals surface area contributed by atoms with Crippen LogP contribution in [-0.2, 0) is 6.54 Å². The van der Waals surface area contributed by atoms with Crippen molar-refractivity contribution in [1.82, 2.24) is 24.6 Å². The van der Waals surface area contributed by atoms with E-state index in [4.69, 9.17) is 0 Å². The number of hydrogen-bond acceptors (Lipinski definition) is 4. The number of imidazole rings is 1. The number of aryl methyl sites for hydroxylation is 1. The van der Waals surface area contributed by atoms with Crippen molar-refractivity contribution in [3.63, 3.8) is 0 Å². The van der Waals surface area contributed by atoms with E-state index >= 15 is 0 Å². The summed E-state index contributed by atoms with van der Waals surface area (Å²) in [7, 11) is 0. The quantitative estimate of drug-likeness (QED) is 0.582. The van der Waals surface area contributed by atoms with Crippen molar-refractivity contribution in [3.8, 4) is 5.69 Å². The minimum Gasteiger partial charge on any atom is -0.350 e. The van der Waals surface area contributed by atoms with Gasteiger partial charge in [0.1, 0.15) is 0 Å². The highest BCUT2D eigenvalue weighted by molar-refractivity contribution is 5.94. The maximum Gasteiger partial charge on any atom is 0.279 e. The summed E-state index contributed by atoms with van der Waals surface area (Å²) in [6.45, 7) is 2.98. The zero-order chi connectivity index (χ0) is 19.5. The highest BCUT2D eigenvalue weighted by Crippen LogP contribution is 2.15. The average Bonchev–Trinajstić information content (AvgIpc) is 3.24. The fourth-order valence-electron chi connectivity index (χ4n) is 3.12. The topological polar surface area (TPSA) is 81.8 Å². The van der Waals surface area contributed by atoms with E-state index in [-0.39, 0.29) is 11.5 Å². The Balaban J connectivity index is 1.60. The predicted octanol–water partition coefficient (Wildman–Crippen LogP) is 2.32. The molecule has 4 aromatic rings. The maximum atomic E-state index is 12.9. The maximum absolute atomic E-state index is 12.9. The van der Waals surface area contributed by atoms with Gasteiger partial charge in [-0.2, -0.15) is 9.78 Å². The van der Waals surface area contributed by atoms with Crippen molar-refractivity contribution in [2.75, 3.05) is 6.54 Å². The second-order valence-corrected chi connectivity index (χ2v) is 6.45. The van der Waals surface area contributed by atoms with Crippen molar-refractivity contribution in [3.05, 3.63) is 88.9 Å². The van der Waals surface area contributed by atoms with Gasteiger partial charge in [-0.1, -0.05) is 24.3 Å². The summed E-state index contributed by atoms with van der Waals surface area (Å²) in [6, 6.07) is 14.3. The Bertz CT molecular complexity index is 1200. The Labute approximate surface area is 161 Å². The first-order chi connectivity index (χ1) is 13.6. The second kappa shape index (κ2) is 7.48. The van der Waals surface area contributed by atoms with Gasteiger partial charge in [0.05, 0.1) is 23.1 Å². The van der Waals surface area contributed by atoms with Crippen LogP contribution in [0.15, 0.2) is 72.0 Å². The van der Waals surface area contributed by atoms with Crippen LogP contribution in [0.4, 0.5) is 0 Å². The SMILES string of the molecule is Cc1nn(-c2cccc(C(=O)NCCn3ccnc3)c2)c(=O)c2ccccc12. The first-order valence-corrected chi connectivity index (χ1v) is 8.96. The van der Waals surface area contributed by atoms with Gasteiger partial charge in [-0.05, 0) is 31.2 Å². The van der Waals surface area contributed by atoms with E-state index in [0.717, 1.165) is 11.1 Å². The van der Waals surface area contributed by atoms with Crippen LogP contribution >= 0.6 is 0 Å². The van der Waals surface area contributed by atoms with E-state index in [0.29, 0.717) is 29.7 Å². The van der Waals surface area contributed by atoms with Crippen LogP contribution < -0.4 is 10.9 Å². The van der Waals surface area contributed by atoms with Crippen molar-refractivity contribution in [2.45, 2.75) is 13.5 Å². The molecule has 0 saturated heterocycles. The molecule has 7 nitrogen and oxygen atoms in total. The minimum absolute atomic E-state index is 0.201. The van der Waals surface area contributed by atoms with Crippen molar-refractivity contribution < 1.29 is 4.79 Å². The van der Waals surface area contributed by atoms with Crippen LogP contribution in [0.1, 0.15) is 16.1 Å². The molecule has 28 heavy (non-hydrogen) atoms. The van der Waals surface area contributed by atoms with Gasteiger partial charge in [-0.15, -0.1) is 0 Å². The number of carbonyl (C=O) groups is 1. The highest BCUT2D eigenvalue weighted by Gasteiger charge is 2.11. The van der Waals surface area contributed by atoms with E-state index in [1.165, 1.54) is 4.68 Å². The first-order valence-electron chi connectivity index (χ1n) is 8.96. The third kappa shape index (κ3) is 3.42. The second-order valence-electron chi connectivity index (χ2n) is 6.45. The van der Waals surface area contributed by atoms with E-state index in [1.54, 1.807) is 42.9 Å². The molecule has 4 rings (SSSR count). The normalized spacial score (nSPS) is 10.9. The molecule has 0 aliphatic heterocycles. The van der Waals surface area contributed by atoms with Gasteiger partial charge in [-0.3, -0.25) is 9.59 Å². The molecule has 0 aliphatic carbocycles. The standard InChI is InChI=1S/C21H19N5O2/c1-15-18-7-2-3-8-19(18)21(28)26(24-15)17-6-4-5-16(13-17)20(27)23-10-12-25-11-9-22-14-25/h2-9,11,13-14H,10,12H2,1H3,(H,23,27). The number of nitrogens with zero attached hydrogens (tertiary/aromatic N) is 4. The Hall–Kier alpha value is -3.74. The summed E-state index contributed by atoms with van der Waals surface area (Å²) >= 11 is 0. The lowest BCUT2D eigenvalue weighted by atomic mass is 10.1. The summed E-state index contributed by atoms with van der Waals surface area (Å²) < 4.78 is 3.23. The van der Waals surface area contributed by atoms with Crippen LogP contribution in [0.3, 0.4) is 0 Å². The van der Waals surface area contributed by atoms with Gasteiger partial charge in [0.25, 0.3) is 11.5 Å². The number of amides is 1. The number of aromatic nitrogens is 4. The molecule has 0 spiro atoms. The number of nitrogens with one attached hydrogen (secondary N) is 1. The number of hydrogen-bond donors (Lipinski definition) is 1. The summed E-state index contributed by atoms with van der Waals surface area (Å²) in [6.07, 6.45) is 5.24. The Morgan fingerprint density at radius 3 is 2.71 bits per heavy atom. The van der Waals surface area contributed by atoms with E-state index in [1.807, 2.05) is 35.9 Å². The van der Waals surface area contributed by atoms with Crippen LogP contribution in [-0.4, -0.2) is 31.8 Å². The van der Waals surface area contributed by atoms with Crippen molar-refractivity contribution in [2.24, 2.45) is 0 Å². The zero-order valence-electron chi connectivity index (χ0n) is 15.4. The van der Waals surface area contributed by atoms with Gasteiger partial charge in [0, 0.05) is 36.4 Å². The van der Waals surface area contributed by atoms with Gasteiger partial charge in [0.15, 0.2) is 0 Å². The molecule has 0 radical (unpaired) electrons. The van der Waals surface area contributed by atoms with Crippen LogP contribution in [0.25, 0.3) is 16.5 Å². The highest BCUT2D eigenvalue weighted by atomic mass is 16.1. The Morgan fingerprint density at radius 1 is 1.11 bits per heavy atom. The summed E-state index contributed by atoms with van der Waals surface area (Å²) in [5.41, 5.74) is 1.58. The molecule has 2 aromatic carbocycles. The molecule has 0 saturated carbocycles. The number of benzene rings is 2. The van der Waals surface area contributed by atoms with Crippen LogP contribution in [0.5, 0.6) is 0 Å². The molecule has 0 atom stereocenters. The molecule has 1 N–H and O–H groups in total. The summed E-state index contributed by atoms with van der Waals surface area (Å²) in [4.78, 5) is 29.3. The summed E-state index contributed by atoms with van der Waals surface area (Å²) in [5.74, 6) is -0.201. The van der Waals surface area contributed by atoms with Crippen LogP contribution in [0.2, 0.25) is 0 Å². The number of rotatable bonds is 5. The van der Waals surface area contributed by atoms with Gasteiger partial charge in [-0.25, -0.2) is 4.98 Å².